The van der Waals surface area contributed by atoms with E-state index in [1.54, 1.807) is 12.1 Å². The van der Waals surface area contributed by atoms with Gasteiger partial charge in [-0.15, -0.1) is 0 Å². The molecular weight excluding hydrogens is 454 g/mol. The maximum atomic E-state index is 11.8. The molecule has 0 bridgehead atoms. The van der Waals surface area contributed by atoms with Crippen molar-refractivity contribution in [2.24, 2.45) is 0 Å². The van der Waals surface area contributed by atoms with Gasteiger partial charge in [0.05, 0.1) is 24.8 Å². The highest BCUT2D eigenvalue weighted by Gasteiger charge is 2.28. The quantitative estimate of drug-likeness (QED) is 0.380. The number of ether oxygens (including phenoxy) is 2. The van der Waals surface area contributed by atoms with Gasteiger partial charge in [0, 0.05) is 41.8 Å². The van der Waals surface area contributed by atoms with E-state index < -0.39 is 12.3 Å². The number of nitrogens with one attached hydrogen (secondary N) is 2. The second-order valence-electron chi connectivity index (χ2n) is 8.88. The van der Waals surface area contributed by atoms with Gasteiger partial charge in [0.1, 0.15) is 5.75 Å². The summed E-state index contributed by atoms with van der Waals surface area (Å²) in [5.41, 5.74) is 2.80. The van der Waals surface area contributed by atoms with Crippen LogP contribution < -0.4 is 10.1 Å². The third-order valence-electron chi connectivity index (χ3n) is 6.29. The van der Waals surface area contributed by atoms with Crippen LogP contribution in [-0.4, -0.2) is 65.9 Å². The number of aldehydes is 1. The van der Waals surface area contributed by atoms with Crippen LogP contribution in [0.3, 0.4) is 0 Å². The molecule has 1 aliphatic rings. The van der Waals surface area contributed by atoms with Gasteiger partial charge in [0.15, 0.2) is 6.29 Å². The molecule has 182 valence electrons. The van der Waals surface area contributed by atoms with Crippen molar-refractivity contribution < 1.29 is 19.4 Å². The van der Waals surface area contributed by atoms with Gasteiger partial charge in [-0.3, -0.25) is 9.69 Å². The standard InChI is InChI=1S/C26H32ClN3O4/c1-17(28-14-23(32)19-5-3-6-21(27)12-19)11-20-13-29-26-22(20)7-4-8-24(26)34-25(15-31)30-9-10-33-16-18(30)2/h3-8,12-13,15,17-18,23,25,28-29,32H,9-11,14,16H2,1-2H3/t17-,18?,23+,25+/m1/s1. The van der Waals surface area contributed by atoms with Crippen LogP contribution in [0.4, 0.5) is 0 Å². The van der Waals surface area contributed by atoms with Gasteiger partial charge in [0.2, 0.25) is 6.23 Å². The molecule has 0 saturated carbocycles. The van der Waals surface area contributed by atoms with E-state index in [0.29, 0.717) is 37.1 Å². The van der Waals surface area contributed by atoms with E-state index in [9.17, 15) is 9.90 Å². The van der Waals surface area contributed by atoms with Crippen LogP contribution in [0.5, 0.6) is 5.75 Å². The summed E-state index contributed by atoms with van der Waals surface area (Å²) < 4.78 is 11.6. The van der Waals surface area contributed by atoms with Crippen molar-refractivity contribution in [2.75, 3.05) is 26.3 Å². The number of carbonyl (C=O) groups is 1. The molecule has 1 aliphatic heterocycles. The maximum absolute atomic E-state index is 11.8. The molecule has 3 N–H and O–H groups in total. The minimum Gasteiger partial charge on any atom is -0.466 e. The first-order valence-corrected chi connectivity index (χ1v) is 12.1. The van der Waals surface area contributed by atoms with E-state index in [1.807, 2.05) is 42.3 Å². The van der Waals surface area contributed by atoms with Crippen LogP contribution in [0, 0.1) is 0 Å². The SMILES string of the molecule is CC1COCCN1[C@H](C=O)Oc1cccc2c(C[C@@H](C)NC[C@H](O)c3cccc(Cl)c3)c[nH]c12. The number of fused-ring (bicyclic) bond motifs is 1. The lowest BCUT2D eigenvalue weighted by molar-refractivity contribution is -0.130. The van der Waals surface area contributed by atoms with Crippen molar-refractivity contribution >= 4 is 28.8 Å². The molecule has 1 fully saturated rings. The van der Waals surface area contributed by atoms with Crippen molar-refractivity contribution in [3.63, 3.8) is 0 Å². The Morgan fingerprint density at radius 1 is 1.35 bits per heavy atom. The van der Waals surface area contributed by atoms with Crippen molar-refractivity contribution in [3.8, 4) is 5.75 Å². The summed E-state index contributed by atoms with van der Waals surface area (Å²) in [5, 5.41) is 15.6. The molecule has 1 unspecified atom stereocenters. The number of aromatic nitrogens is 1. The number of hydrogen-bond donors (Lipinski definition) is 3. The Morgan fingerprint density at radius 3 is 2.94 bits per heavy atom. The van der Waals surface area contributed by atoms with Gasteiger partial charge in [-0.05, 0) is 49.6 Å². The van der Waals surface area contributed by atoms with Crippen LogP contribution >= 0.6 is 11.6 Å². The highest BCUT2D eigenvalue weighted by atomic mass is 35.5. The predicted octanol–water partition coefficient (Wildman–Crippen LogP) is 3.70. The third-order valence-corrected chi connectivity index (χ3v) is 6.53. The molecule has 7 nitrogen and oxygen atoms in total. The summed E-state index contributed by atoms with van der Waals surface area (Å²) in [5.74, 6) is 0.650. The number of rotatable bonds is 10. The summed E-state index contributed by atoms with van der Waals surface area (Å²) in [4.78, 5) is 17.2. The van der Waals surface area contributed by atoms with Crippen LogP contribution in [0.25, 0.3) is 10.9 Å². The summed E-state index contributed by atoms with van der Waals surface area (Å²) >= 11 is 6.03. The smallest absolute Gasteiger partial charge is 0.209 e. The largest absolute Gasteiger partial charge is 0.466 e. The second-order valence-corrected chi connectivity index (χ2v) is 9.32. The van der Waals surface area contributed by atoms with E-state index in [-0.39, 0.29) is 12.1 Å². The Balaban J connectivity index is 1.41. The summed E-state index contributed by atoms with van der Waals surface area (Å²) in [6.45, 7) is 6.38. The average molecular weight is 486 g/mol. The Hall–Kier alpha value is -2.42. The van der Waals surface area contributed by atoms with E-state index >= 15 is 0 Å². The lowest BCUT2D eigenvalue weighted by Gasteiger charge is -2.36. The molecule has 1 saturated heterocycles. The first kappa shape index (κ1) is 24.7. The van der Waals surface area contributed by atoms with Crippen LogP contribution in [0.15, 0.2) is 48.7 Å². The van der Waals surface area contributed by atoms with Gasteiger partial charge in [-0.25, -0.2) is 0 Å². The van der Waals surface area contributed by atoms with Crippen molar-refractivity contribution in [1.82, 2.24) is 15.2 Å². The first-order valence-electron chi connectivity index (χ1n) is 11.7. The number of nitrogens with zero attached hydrogens (tertiary/aromatic N) is 1. The number of hydrogen-bond acceptors (Lipinski definition) is 6. The lowest BCUT2D eigenvalue weighted by Crippen LogP contribution is -2.52. The second kappa shape index (κ2) is 11.3. The third kappa shape index (κ3) is 5.79. The normalized spacial score (nSPS) is 19.6. The van der Waals surface area contributed by atoms with E-state index in [4.69, 9.17) is 21.1 Å². The number of carbonyl (C=O) groups excluding carboxylic acids is 1. The fraction of sp³-hybridized carbons (Fsp3) is 0.423. The molecule has 3 aromatic rings. The Morgan fingerprint density at radius 2 is 2.18 bits per heavy atom. The van der Waals surface area contributed by atoms with Crippen molar-refractivity contribution in [3.05, 3.63) is 64.8 Å². The molecule has 34 heavy (non-hydrogen) atoms. The monoisotopic (exact) mass is 485 g/mol. The van der Waals surface area contributed by atoms with E-state index in [1.165, 1.54) is 0 Å². The molecule has 1 aromatic heterocycles. The van der Waals surface area contributed by atoms with Crippen LogP contribution in [0.2, 0.25) is 5.02 Å². The molecular formula is C26H32ClN3O4. The van der Waals surface area contributed by atoms with E-state index in [2.05, 4.69) is 23.3 Å². The molecule has 0 amide bonds. The minimum atomic E-state index is -0.662. The number of halogens is 1. The molecule has 4 rings (SSSR count). The molecule has 0 spiro atoms. The number of H-pyrrole nitrogens is 1. The maximum Gasteiger partial charge on any atom is 0.209 e. The Kier molecular flexibility index (Phi) is 8.24. The van der Waals surface area contributed by atoms with Crippen LogP contribution in [0.1, 0.15) is 31.1 Å². The molecule has 8 heteroatoms. The van der Waals surface area contributed by atoms with Gasteiger partial charge in [-0.2, -0.15) is 0 Å². The summed E-state index contributed by atoms with van der Waals surface area (Å²) in [6.07, 6.45) is 2.30. The summed E-state index contributed by atoms with van der Waals surface area (Å²) in [7, 11) is 0. The zero-order chi connectivity index (χ0) is 24.1. The number of aliphatic hydroxyl groups excluding tert-OH is 1. The number of morpholine rings is 1. The zero-order valence-corrected chi connectivity index (χ0v) is 20.3. The first-order chi connectivity index (χ1) is 16.5. The van der Waals surface area contributed by atoms with Gasteiger partial charge >= 0.3 is 0 Å². The molecule has 4 atom stereocenters. The number of benzene rings is 2. The molecule has 0 aliphatic carbocycles. The Labute approximate surface area is 205 Å². The molecule has 0 radical (unpaired) electrons. The molecule has 2 heterocycles. The Bertz CT molecular complexity index is 1100. The highest BCUT2D eigenvalue weighted by Crippen LogP contribution is 2.29. The minimum absolute atomic E-state index is 0.108. The fourth-order valence-corrected chi connectivity index (χ4v) is 4.62. The predicted molar refractivity (Wildman–Crippen MR) is 133 cm³/mol. The molecule has 2 aromatic carbocycles. The van der Waals surface area contributed by atoms with Crippen molar-refractivity contribution in [2.45, 2.75) is 44.7 Å². The fourth-order valence-electron chi connectivity index (χ4n) is 4.42. The highest BCUT2D eigenvalue weighted by molar-refractivity contribution is 6.30. The zero-order valence-electron chi connectivity index (χ0n) is 19.5. The van der Waals surface area contributed by atoms with Crippen molar-refractivity contribution in [1.29, 1.82) is 0 Å². The number of para-hydroxylation sites is 1. The van der Waals surface area contributed by atoms with E-state index in [0.717, 1.165) is 34.7 Å². The van der Waals surface area contributed by atoms with Gasteiger partial charge in [-0.1, -0.05) is 35.9 Å². The lowest BCUT2D eigenvalue weighted by atomic mass is 10.0. The van der Waals surface area contributed by atoms with Gasteiger partial charge in [0.25, 0.3) is 0 Å². The average Bonchev–Trinajstić information content (AvgIpc) is 3.25. The topological polar surface area (TPSA) is 86.8 Å². The van der Waals surface area contributed by atoms with Crippen LogP contribution in [-0.2, 0) is 16.0 Å². The number of aliphatic hydroxyl groups is 1. The van der Waals surface area contributed by atoms with Gasteiger partial charge < -0.3 is 24.9 Å². The summed E-state index contributed by atoms with van der Waals surface area (Å²) in [6, 6.07) is 13.4. The number of aromatic amines is 1.